The van der Waals surface area contributed by atoms with Crippen molar-refractivity contribution in [3.05, 3.63) is 12.2 Å². The molecule has 68 valence electrons. The summed E-state index contributed by atoms with van der Waals surface area (Å²) in [5.41, 5.74) is 0.352. The molecule has 0 radical (unpaired) electrons. The number of aliphatic hydroxyl groups is 1. The fraction of sp³-hybridized carbons (Fsp3) is 0.818. The third kappa shape index (κ3) is 1.03. The zero-order valence-corrected chi connectivity index (χ0v) is 8.12. The van der Waals surface area contributed by atoms with Gasteiger partial charge >= 0.3 is 0 Å². The van der Waals surface area contributed by atoms with E-state index in [1.165, 1.54) is 6.42 Å². The van der Waals surface area contributed by atoms with Gasteiger partial charge in [-0.2, -0.15) is 0 Å². The van der Waals surface area contributed by atoms with Crippen LogP contribution in [0.5, 0.6) is 0 Å². The number of rotatable bonds is 0. The summed E-state index contributed by atoms with van der Waals surface area (Å²) < 4.78 is 0. The SMILES string of the molecule is CC(C)(C)C1CC2C=CC1C2O. The first-order valence-electron chi connectivity index (χ1n) is 4.86. The Morgan fingerprint density at radius 3 is 2.17 bits per heavy atom. The maximum Gasteiger partial charge on any atom is 0.0668 e. The molecule has 0 aromatic heterocycles. The van der Waals surface area contributed by atoms with Crippen LogP contribution in [0.15, 0.2) is 12.2 Å². The number of fused-ring (bicyclic) bond motifs is 2. The smallest absolute Gasteiger partial charge is 0.0668 e. The molecule has 1 heteroatoms. The van der Waals surface area contributed by atoms with Crippen LogP contribution in [0.4, 0.5) is 0 Å². The monoisotopic (exact) mass is 166 g/mol. The Hall–Kier alpha value is -0.300. The molecule has 1 fully saturated rings. The first kappa shape index (κ1) is 8.31. The number of aliphatic hydroxyl groups excluding tert-OH is 1. The summed E-state index contributed by atoms with van der Waals surface area (Å²) in [6.45, 7) is 6.83. The third-order valence-corrected chi connectivity index (χ3v) is 3.52. The molecule has 1 saturated carbocycles. The van der Waals surface area contributed by atoms with Crippen LogP contribution in [-0.4, -0.2) is 11.2 Å². The second-order valence-corrected chi connectivity index (χ2v) is 5.32. The van der Waals surface area contributed by atoms with E-state index in [-0.39, 0.29) is 6.10 Å². The average Bonchev–Trinajstić information content (AvgIpc) is 2.45. The lowest BCUT2D eigenvalue weighted by Crippen LogP contribution is -2.26. The highest BCUT2D eigenvalue weighted by molar-refractivity contribution is 5.16. The van der Waals surface area contributed by atoms with E-state index in [1.54, 1.807) is 0 Å². The molecule has 12 heavy (non-hydrogen) atoms. The molecule has 0 saturated heterocycles. The summed E-state index contributed by atoms with van der Waals surface area (Å²) in [6, 6.07) is 0. The lowest BCUT2D eigenvalue weighted by Gasteiger charge is -2.32. The minimum absolute atomic E-state index is 0.0748. The Morgan fingerprint density at radius 1 is 1.25 bits per heavy atom. The van der Waals surface area contributed by atoms with Crippen LogP contribution in [0.1, 0.15) is 27.2 Å². The predicted octanol–water partition coefficient (Wildman–Crippen LogP) is 2.22. The van der Waals surface area contributed by atoms with Crippen LogP contribution in [0, 0.1) is 23.2 Å². The Balaban J connectivity index is 2.20. The Morgan fingerprint density at radius 2 is 1.92 bits per heavy atom. The highest BCUT2D eigenvalue weighted by Crippen LogP contribution is 2.50. The van der Waals surface area contributed by atoms with Gasteiger partial charge in [-0.15, -0.1) is 0 Å². The topological polar surface area (TPSA) is 20.2 Å². The lowest BCUT2D eigenvalue weighted by molar-refractivity contribution is 0.109. The molecule has 0 amide bonds. The van der Waals surface area contributed by atoms with Gasteiger partial charge in [0.25, 0.3) is 0 Å². The van der Waals surface area contributed by atoms with Crippen LogP contribution in [0.2, 0.25) is 0 Å². The van der Waals surface area contributed by atoms with E-state index in [0.717, 1.165) is 0 Å². The molecule has 0 spiro atoms. The standard InChI is InChI=1S/C11H18O/c1-11(2,3)9-6-7-4-5-8(9)10(7)12/h4-5,7-10,12H,6H2,1-3H3. The van der Waals surface area contributed by atoms with E-state index in [9.17, 15) is 5.11 Å². The van der Waals surface area contributed by atoms with Crippen LogP contribution in [0.25, 0.3) is 0 Å². The molecule has 0 aliphatic heterocycles. The van der Waals surface area contributed by atoms with Crippen LogP contribution in [0.3, 0.4) is 0 Å². The fourth-order valence-electron chi connectivity index (χ4n) is 2.76. The van der Waals surface area contributed by atoms with E-state index in [1.807, 2.05) is 0 Å². The van der Waals surface area contributed by atoms with Gasteiger partial charge in [-0.3, -0.25) is 0 Å². The van der Waals surface area contributed by atoms with E-state index >= 15 is 0 Å². The predicted molar refractivity (Wildman–Crippen MR) is 49.7 cm³/mol. The maximum atomic E-state index is 9.80. The lowest BCUT2D eigenvalue weighted by atomic mass is 9.73. The quantitative estimate of drug-likeness (QED) is 0.547. The number of hydrogen-bond donors (Lipinski definition) is 1. The normalized spacial score (nSPS) is 45.7. The van der Waals surface area contributed by atoms with Crippen molar-refractivity contribution in [1.29, 1.82) is 0 Å². The zero-order chi connectivity index (χ0) is 8.93. The van der Waals surface area contributed by atoms with Gasteiger partial charge in [-0.1, -0.05) is 32.9 Å². The van der Waals surface area contributed by atoms with Crippen LogP contribution < -0.4 is 0 Å². The van der Waals surface area contributed by atoms with E-state index in [0.29, 0.717) is 23.2 Å². The maximum absolute atomic E-state index is 9.80. The van der Waals surface area contributed by atoms with Crippen molar-refractivity contribution in [1.82, 2.24) is 0 Å². The van der Waals surface area contributed by atoms with Gasteiger partial charge < -0.3 is 5.11 Å². The van der Waals surface area contributed by atoms with Gasteiger partial charge in [0.05, 0.1) is 6.10 Å². The van der Waals surface area contributed by atoms with Crippen molar-refractivity contribution < 1.29 is 5.11 Å². The van der Waals surface area contributed by atoms with Crippen molar-refractivity contribution >= 4 is 0 Å². The summed E-state index contributed by atoms with van der Waals surface area (Å²) in [6.07, 6.45) is 5.52. The summed E-state index contributed by atoms with van der Waals surface area (Å²) in [5.74, 6) is 1.58. The summed E-state index contributed by atoms with van der Waals surface area (Å²) in [7, 11) is 0. The highest BCUT2D eigenvalue weighted by Gasteiger charge is 2.47. The average molecular weight is 166 g/mol. The molecule has 4 unspecified atom stereocenters. The summed E-state index contributed by atoms with van der Waals surface area (Å²) in [5, 5.41) is 9.80. The van der Waals surface area contributed by atoms with Crippen molar-refractivity contribution in [2.75, 3.05) is 0 Å². The zero-order valence-electron chi connectivity index (χ0n) is 8.12. The first-order chi connectivity index (χ1) is 5.50. The summed E-state index contributed by atoms with van der Waals surface area (Å²) in [4.78, 5) is 0. The fourth-order valence-corrected chi connectivity index (χ4v) is 2.76. The van der Waals surface area contributed by atoms with Gasteiger partial charge in [-0.05, 0) is 17.8 Å². The Bertz CT molecular complexity index is 212. The largest absolute Gasteiger partial charge is 0.392 e. The van der Waals surface area contributed by atoms with E-state index in [4.69, 9.17) is 0 Å². The minimum atomic E-state index is -0.0748. The molecule has 2 bridgehead atoms. The minimum Gasteiger partial charge on any atom is -0.392 e. The van der Waals surface area contributed by atoms with Crippen molar-refractivity contribution in [3.8, 4) is 0 Å². The van der Waals surface area contributed by atoms with Crippen molar-refractivity contribution in [2.45, 2.75) is 33.3 Å². The van der Waals surface area contributed by atoms with Crippen LogP contribution >= 0.6 is 0 Å². The van der Waals surface area contributed by atoms with E-state index < -0.39 is 0 Å². The van der Waals surface area contributed by atoms with Crippen molar-refractivity contribution in [3.63, 3.8) is 0 Å². The highest BCUT2D eigenvalue weighted by atomic mass is 16.3. The molecule has 2 aliphatic carbocycles. The molecule has 4 atom stereocenters. The summed E-state index contributed by atoms with van der Waals surface area (Å²) >= 11 is 0. The molecule has 0 aromatic carbocycles. The third-order valence-electron chi connectivity index (χ3n) is 3.52. The number of hydrogen-bond acceptors (Lipinski definition) is 1. The molecule has 2 rings (SSSR count). The molecule has 0 heterocycles. The Kier molecular flexibility index (Phi) is 1.63. The molecule has 1 nitrogen and oxygen atoms in total. The van der Waals surface area contributed by atoms with Gasteiger partial charge in [0, 0.05) is 11.8 Å². The molecule has 2 aliphatic rings. The van der Waals surface area contributed by atoms with Gasteiger partial charge in [0.15, 0.2) is 0 Å². The Labute approximate surface area is 74.5 Å². The van der Waals surface area contributed by atoms with Gasteiger partial charge in [0.1, 0.15) is 0 Å². The van der Waals surface area contributed by atoms with E-state index in [2.05, 4.69) is 32.9 Å². The van der Waals surface area contributed by atoms with Gasteiger partial charge in [0.2, 0.25) is 0 Å². The molecule has 0 aromatic rings. The second kappa shape index (κ2) is 2.35. The molecular weight excluding hydrogens is 148 g/mol. The molecular formula is C11H18O. The second-order valence-electron chi connectivity index (χ2n) is 5.32. The van der Waals surface area contributed by atoms with Gasteiger partial charge in [-0.25, -0.2) is 0 Å². The molecule has 1 N–H and O–H groups in total. The van der Waals surface area contributed by atoms with Crippen molar-refractivity contribution in [2.24, 2.45) is 23.2 Å². The first-order valence-corrected chi connectivity index (χ1v) is 4.86. The van der Waals surface area contributed by atoms with Crippen LogP contribution in [-0.2, 0) is 0 Å².